The first kappa shape index (κ1) is 17.6. The van der Waals surface area contributed by atoms with Crippen molar-refractivity contribution in [3.05, 3.63) is 52.6 Å². The average molecular weight is 355 g/mol. The average Bonchev–Trinajstić information content (AvgIpc) is 2.90. The zero-order valence-electron chi connectivity index (χ0n) is 15.1. The van der Waals surface area contributed by atoms with Gasteiger partial charge in [0.05, 0.1) is 17.4 Å². The Morgan fingerprint density at radius 3 is 2.54 bits per heavy atom. The van der Waals surface area contributed by atoms with E-state index in [0.29, 0.717) is 28.6 Å². The van der Waals surface area contributed by atoms with E-state index in [2.05, 4.69) is 10.6 Å². The Bertz CT molecular complexity index is 957. The molecule has 0 atom stereocenters. The van der Waals surface area contributed by atoms with Gasteiger partial charge in [-0.15, -0.1) is 0 Å². The SMILES string of the molecule is COc1cccc2c(Nc3cccc([N+](=O)[O-])c3)c(NC(C)(C)C)oc12. The van der Waals surface area contributed by atoms with Crippen molar-refractivity contribution in [1.29, 1.82) is 0 Å². The molecule has 0 aliphatic heterocycles. The van der Waals surface area contributed by atoms with Gasteiger partial charge in [-0.3, -0.25) is 10.1 Å². The van der Waals surface area contributed by atoms with E-state index in [0.717, 1.165) is 5.39 Å². The number of hydrogen-bond donors (Lipinski definition) is 2. The first-order valence-electron chi connectivity index (χ1n) is 8.17. The van der Waals surface area contributed by atoms with Crippen LogP contribution in [0.15, 0.2) is 46.9 Å². The first-order chi connectivity index (χ1) is 12.3. The Kier molecular flexibility index (Phi) is 4.46. The zero-order chi connectivity index (χ0) is 18.9. The van der Waals surface area contributed by atoms with Crippen LogP contribution in [-0.2, 0) is 0 Å². The van der Waals surface area contributed by atoms with E-state index in [-0.39, 0.29) is 11.2 Å². The monoisotopic (exact) mass is 355 g/mol. The summed E-state index contributed by atoms with van der Waals surface area (Å²) in [5.41, 5.74) is 1.69. The van der Waals surface area contributed by atoms with Gasteiger partial charge >= 0.3 is 0 Å². The summed E-state index contributed by atoms with van der Waals surface area (Å²) in [6.07, 6.45) is 0. The summed E-state index contributed by atoms with van der Waals surface area (Å²) in [5, 5.41) is 18.4. The second-order valence-electron chi connectivity index (χ2n) is 6.95. The number of fused-ring (bicyclic) bond motifs is 1. The van der Waals surface area contributed by atoms with Crippen molar-refractivity contribution >= 4 is 33.9 Å². The third kappa shape index (κ3) is 3.56. The topological polar surface area (TPSA) is 89.6 Å². The van der Waals surface area contributed by atoms with E-state index in [1.807, 2.05) is 39.0 Å². The highest BCUT2D eigenvalue weighted by atomic mass is 16.6. The number of non-ortho nitro benzene ring substituents is 1. The van der Waals surface area contributed by atoms with E-state index in [1.165, 1.54) is 12.1 Å². The largest absolute Gasteiger partial charge is 0.493 e. The van der Waals surface area contributed by atoms with Crippen molar-refractivity contribution in [2.75, 3.05) is 17.7 Å². The molecule has 3 rings (SSSR count). The van der Waals surface area contributed by atoms with E-state index in [1.54, 1.807) is 19.2 Å². The molecule has 0 amide bonds. The molecule has 1 heterocycles. The number of anilines is 3. The van der Waals surface area contributed by atoms with Gasteiger partial charge in [-0.1, -0.05) is 12.1 Å². The highest BCUT2D eigenvalue weighted by molar-refractivity contribution is 6.01. The van der Waals surface area contributed by atoms with Crippen molar-refractivity contribution in [1.82, 2.24) is 0 Å². The molecule has 0 saturated heterocycles. The summed E-state index contributed by atoms with van der Waals surface area (Å²) in [6.45, 7) is 6.07. The van der Waals surface area contributed by atoms with Crippen LogP contribution in [0.5, 0.6) is 5.75 Å². The normalized spacial score (nSPS) is 11.4. The third-order valence-corrected chi connectivity index (χ3v) is 3.71. The molecule has 2 N–H and O–H groups in total. The summed E-state index contributed by atoms with van der Waals surface area (Å²) in [4.78, 5) is 10.6. The van der Waals surface area contributed by atoms with Crippen LogP contribution < -0.4 is 15.4 Å². The third-order valence-electron chi connectivity index (χ3n) is 3.71. The summed E-state index contributed by atoms with van der Waals surface area (Å²) in [7, 11) is 1.59. The predicted molar refractivity (Wildman–Crippen MR) is 103 cm³/mol. The quantitative estimate of drug-likeness (QED) is 0.476. The molecule has 0 fully saturated rings. The molecular formula is C19H21N3O4. The van der Waals surface area contributed by atoms with Gasteiger partial charge < -0.3 is 19.8 Å². The van der Waals surface area contributed by atoms with Crippen molar-refractivity contribution in [2.24, 2.45) is 0 Å². The maximum atomic E-state index is 11.0. The zero-order valence-corrected chi connectivity index (χ0v) is 15.1. The lowest BCUT2D eigenvalue weighted by Gasteiger charge is -2.21. The highest BCUT2D eigenvalue weighted by Crippen LogP contribution is 2.42. The lowest BCUT2D eigenvalue weighted by Crippen LogP contribution is -2.26. The molecule has 0 aliphatic rings. The molecule has 3 aromatic rings. The highest BCUT2D eigenvalue weighted by Gasteiger charge is 2.21. The Labute approximate surface area is 151 Å². The van der Waals surface area contributed by atoms with Gasteiger partial charge in [0.25, 0.3) is 5.69 Å². The Balaban J connectivity index is 2.12. The first-order valence-corrected chi connectivity index (χ1v) is 8.17. The summed E-state index contributed by atoms with van der Waals surface area (Å²) >= 11 is 0. The van der Waals surface area contributed by atoms with Crippen LogP contribution >= 0.6 is 0 Å². The molecule has 0 spiro atoms. The van der Waals surface area contributed by atoms with Crippen molar-refractivity contribution in [2.45, 2.75) is 26.3 Å². The smallest absolute Gasteiger partial charge is 0.271 e. The number of ether oxygens (including phenoxy) is 1. The summed E-state index contributed by atoms with van der Waals surface area (Å²) in [5.74, 6) is 1.16. The lowest BCUT2D eigenvalue weighted by molar-refractivity contribution is -0.384. The molecule has 1 aromatic heterocycles. The number of methoxy groups -OCH3 is 1. The molecular weight excluding hydrogens is 334 g/mol. The van der Waals surface area contributed by atoms with Crippen molar-refractivity contribution in [3.63, 3.8) is 0 Å². The van der Waals surface area contributed by atoms with Crippen molar-refractivity contribution in [3.8, 4) is 5.75 Å². The summed E-state index contributed by atoms with van der Waals surface area (Å²) in [6, 6.07) is 12.0. The molecule has 0 aliphatic carbocycles. The van der Waals surface area contributed by atoms with Gasteiger partial charge in [0.15, 0.2) is 11.3 Å². The van der Waals surface area contributed by atoms with Crippen LogP contribution in [0.3, 0.4) is 0 Å². The minimum Gasteiger partial charge on any atom is -0.493 e. The second-order valence-corrected chi connectivity index (χ2v) is 6.95. The van der Waals surface area contributed by atoms with Crippen LogP contribution in [0.25, 0.3) is 11.0 Å². The molecule has 136 valence electrons. The molecule has 0 saturated carbocycles. The van der Waals surface area contributed by atoms with Gasteiger partial charge in [-0.2, -0.15) is 0 Å². The van der Waals surface area contributed by atoms with Crippen LogP contribution in [0.2, 0.25) is 0 Å². The Morgan fingerprint density at radius 1 is 1.15 bits per heavy atom. The van der Waals surface area contributed by atoms with Crippen LogP contribution in [0.4, 0.5) is 22.9 Å². The number of para-hydroxylation sites is 1. The van der Waals surface area contributed by atoms with Crippen LogP contribution in [-0.4, -0.2) is 17.6 Å². The molecule has 7 nitrogen and oxygen atoms in total. The predicted octanol–water partition coefficient (Wildman–Crippen LogP) is 5.30. The molecule has 0 bridgehead atoms. The minimum absolute atomic E-state index is 0.0192. The number of nitrogens with one attached hydrogen (secondary N) is 2. The molecule has 0 unspecified atom stereocenters. The standard InChI is InChI=1S/C19H21N3O4/c1-19(2,3)21-18-16(14-9-6-10-15(25-4)17(14)26-18)20-12-7-5-8-13(11-12)22(23)24/h5-11,20-21H,1-4H3. The molecule has 7 heteroatoms. The fraction of sp³-hybridized carbons (Fsp3) is 0.263. The molecule has 26 heavy (non-hydrogen) atoms. The number of nitrogens with zero attached hydrogens (tertiary/aromatic N) is 1. The molecule has 2 aromatic carbocycles. The maximum Gasteiger partial charge on any atom is 0.271 e. The van der Waals surface area contributed by atoms with Gasteiger partial charge in [0, 0.05) is 23.4 Å². The number of furan rings is 1. The van der Waals surface area contributed by atoms with Crippen LogP contribution in [0.1, 0.15) is 20.8 Å². The summed E-state index contributed by atoms with van der Waals surface area (Å²) < 4.78 is 11.4. The molecule has 0 radical (unpaired) electrons. The Morgan fingerprint density at radius 2 is 1.88 bits per heavy atom. The fourth-order valence-corrected chi connectivity index (χ4v) is 2.65. The van der Waals surface area contributed by atoms with E-state index >= 15 is 0 Å². The lowest BCUT2D eigenvalue weighted by atomic mass is 10.1. The van der Waals surface area contributed by atoms with Gasteiger partial charge in [-0.05, 0) is 39.0 Å². The minimum atomic E-state index is -0.421. The second kappa shape index (κ2) is 6.59. The van der Waals surface area contributed by atoms with Crippen LogP contribution in [0, 0.1) is 10.1 Å². The Hall–Kier alpha value is -3.22. The van der Waals surface area contributed by atoms with Gasteiger partial charge in [0.1, 0.15) is 5.69 Å². The number of benzene rings is 2. The van der Waals surface area contributed by atoms with E-state index in [4.69, 9.17) is 9.15 Å². The number of nitro groups is 1. The number of hydrogen-bond acceptors (Lipinski definition) is 6. The number of rotatable bonds is 5. The van der Waals surface area contributed by atoms with Gasteiger partial charge in [0.2, 0.25) is 5.88 Å². The van der Waals surface area contributed by atoms with E-state index < -0.39 is 4.92 Å². The number of nitro benzene ring substituents is 1. The van der Waals surface area contributed by atoms with E-state index in [9.17, 15) is 10.1 Å². The maximum absolute atomic E-state index is 11.0. The van der Waals surface area contributed by atoms with Gasteiger partial charge in [-0.25, -0.2) is 0 Å². The fourth-order valence-electron chi connectivity index (χ4n) is 2.65. The van der Waals surface area contributed by atoms with Crippen molar-refractivity contribution < 1.29 is 14.1 Å².